The summed E-state index contributed by atoms with van der Waals surface area (Å²) in [5.74, 6) is 0.875. The Morgan fingerprint density at radius 3 is 2.61 bits per heavy atom. The van der Waals surface area contributed by atoms with Gasteiger partial charge in [-0.05, 0) is 43.6 Å². The minimum absolute atomic E-state index is 0.311. The number of nitrogens with zero attached hydrogens (tertiary/aromatic N) is 1. The number of nitrogens with two attached hydrogens (primary N) is 1. The number of piperidine rings is 1. The summed E-state index contributed by atoms with van der Waals surface area (Å²) in [5.41, 5.74) is 7.25. The van der Waals surface area contributed by atoms with Crippen LogP contribution in [0.15, 0.2) is 22.7 Å². The summed E-state index contributed by atoms with van der Waals surface area (Å²) in [7, 11) is 1.69. The maximum Gasteiger partial charge on any atom is 0.120 e. The van der Waals surface area contributed by atoms with Gasteiger partial charge in [-0.25, -0.2) is 0 Å². The highest BCUT2D eigenvalue weighted by molar-refractivity contribution is 9.10. The highest BCUT2D eigenvalue weighted by Gasteiger charge is 2.22. The molecule has 1 saturated heterocycles. The maximum absolute atomic E-state index is 5.98. The quantitative estimate of drug-likeness (QED) is 0.929. The molecule has 100 valence electrons. The van der Waals surface area contributed by atoms with Crippen molar-refractivity contribution < 1.29 is 4.74 Å². The summed E-state index contributed by atoms with van der Waals surface area (Å²) < 4.78 is 6.32. The van der Waals surface area contributed by atoms with E-state index >= 15 is 0 Å². The van der Waals surface area contributed by atoms with E-state index in [1.165, 1.54) is 24.8 Å². The second-order valence-corrected chi connectivity index (χ2v) is 5.59. The predicted octanol–water partition coefficient (Wildman–Crippen LogP) is 2.94. The van der Waals surface area contributed by atoms with Crippen LogP contribution in [0.3, 0.4) is 0 Å². The largest absolute Gasteiger partial charge is 0.497 e. The number of hydrogen-bond acceptors (Lipinski definition) is 3. The van der Waals surface area contributed by atoms with Crippen LogP contribution in [0, 0.1) is 0 Å². The Kier molecular flexibility index (Phi) is 5.03. The third kappa shape index (κ3) is 3.05. The molecule has 2 rings (SSSR count). The molecule has 1 fully saturated rings. The fourth-order valence-corrected chi connectivity index (χ4v) is 3.23. The van der Waals surface area contributed by atoms with Gasteiger partial charge in [0.25, 0.3) is 0 Å². The van der Waals surface area contributed by atoms with Crippen LogP contribution >= 0.6 is 15.9 Å². The first-order valence-electron chi connectivity index (χ1n) is 6.54. The lowest BCUT2D eigenvalue weighted by molar-refractivity contribution is 0.167. The fraction of sp³-hybridized carbons (Fsp3) is 0.571. The number of benzene rings is 1. The first-order valence-corrected chi connectivity index (χ1v) is 7.33. The minimum atomic E-state index is 0.311. The van der Waals surface area contributed by atoms with Gasteiger partial charge in [0.15, 0.2) is 0 Å². The molecule has 1 aromatic rings. The summed E-state index contributed by atoms with van der Waals surface area (Å²) in [4.78, 5) is 2.50. The standard InChI is InChI=1S/C14H21BrN2O/c1-18-11-5-6-12(13(15)9-11)14(10-16)17-7-3-2-4-8-17/h5-6,9,14H,2-4,7-8,10,16H2,1H3. The van der Waals surface area contributed by atoms with Gasteiger partial charge in [-0.3, -0.25) is 4.90 Å². The Morgan fingerprint density at radius 2 is 2.06 bits per heavy atom. The van der Waals surface area contributed by atoms with Crippen molar-refractivity contribution in [2.75, 3.05) is 26.7 Å². The van der Waals surface area contributed by atoms with Gasteiger partial charge in [0, 0.05) is 17.1 Å². The van der Waals surface area contributed by atoms with Gasteiger partial charge in [0.2, 0.25) is 0 Å². The minimum Gasteiger partial charge on any atom is -0.497 e. The number of halogens is 1. The molecule has 1 atom stereocenters. The summed E-state index contributed by atoms with van der Waals surface area (Å²) in [6.45, 7) is 2.96. The molecule has 4 heteroatoms. The van der Waals surface area contributed by atoms with Gasteiger partial charge in [0.1, 0.15) is 5.75 Å². The molecule has 1 aromatic carbocycles. The van der Waals surface area contributed by atoms with Crippen molar-refractivity contribution >= 4 is 15.9 Å². The SMILES string of the molecule is COc1ccc(C(CN)N2CCCCC2)c(Br)c1. The molecule has 0 aromatic heterocycles. The van der Waals surface area contributed by atoms with Gasteiger partial charge in [0.05, 0.1) is 7.11 Å². The zero-order valence-corrected chi connectivity index (χ0v) is 12.4. The molecule has 0 bridgehead atoms. The smallest absolute Gasteiger partial charge is 0.120 e. The predicted molar refractivity (Wildman–Crippen MR) is 77.9 cm³/mol. The number of hydrogen-bond donors (Lipinski definition) is 1. The van der Waals surface area contributed by atoms with Crippen LogP contribution in [0.1, 0.15) is 30.9 Å². The van der Waals surface area contributed by atoms with Crippen molar-refractivity contribution in [3.8, 4) is 5.75 Å². The first kappa shape index (κ1) is 13.8. The summed E-state index contributed by atoms with van der Waals surface area (Å²) in [6, 6.07) is 6.45. The van der Waals surface area contributed by atoms with Crippen LogP contribution in [0.4, 0.5) is 0 Å². The Balaban J connectivity index is 2.20. The van der Waals surface area contributed by atoms with Gasteiger partial charge >= 0.3 is 0 Å². The van der Waals surface area contributed by atoms with Crippen LogP contribution < -0.4 is 10.5 Å². The van der Waals surface area contributed by atoms with Crippen molar-refractivity contribution in [2.45, 2.75) is 25.3 Å². The first-order chi connectivity index (χ1) is 8.76. The molecule has 18 heavy (non-hydrogen) atoms. The van der Waals surface area contributed by atoms with Gasteiger partial charge < -0.3 is 10.5 Å². The van der Waals surface area contributed by atoms with Crippen molar-refractivity contribution in [3.05, 3.63) is 28.2 Å². The molecule has 3 nitrogen and oxygen atoms in total. The van der Waals surface area contributed by atoms with E-state index in [4.69, 9.17) is 10.5 Å². The van der Waals surface area contributed by atoms with E-state index in [0.29, 0.717) is 12.6 Å². The molecular weight excluding hydrogens is 292 g/mol. The van der Waals surface area contributed by atoms with Gasteiger partial charge in [-0.1, -0.05) is 28.4 Å². The number of methoxy groups -OCH3 is 1. The number of ether oxygens (including phenoxy) is 1. The topological polar surface area (TPSA) is 38.5 Å². The second-order valence-electron chi connectivity index (χ2n) is 4.74. The molecule has 1 aliphatic rings. The lowest BCUT2D eigenvalue weighted by atomic mass is 10.0. The van der Waals surface area contributed by atoms with Crippen LogP contribution in [0.5, 0.6) is 5.75 Å². The number of rotatable bonds is 4. The Hall–Kier alpha value is -0.580. The summed E-state index contributed by atoms with van der Waals surface area (Å²) in [5, 5.41) is 0. The molecule has 1 aliphatic heterocycles. The van der Waals surface area contributed by atoms with E-state index in [1.54, 1.807) is 7.11 Å². The van der Waals surface area contributed by atoms with Crippen LogP contribution in [0.2, 0.25) is 0 Å². The molecule has 0 aliphatic carbocycles. The van der Waals surface area contributed by atoms with E-state index in [2.05, 4.69) is 26.9 Å². The molecule has 0 spiro atoms. The molecule has 0 saturated carbocycles. The Morgan fingerprint density at radius 1 is 1.33 bits per heavy atom. The Bertz CT molecular complexity index is 391. The molecule has 0 radical (unpaired) electrons. The zero-order chi connectivity index (χ0) is 13.0. The van der Waals surface area contributed by atoms with Gasteiger partial charge in [-0.2, -0.15) is 0 Å². The monoisotopic (exact) mass is 312 g/mol. The fourth-order valence-electron chi connectivity index (χ4n) is 2.61. The average Bonchev–Trinajstić information content (AvgIpc) is 2.42. The van der Waals surface area contributed by atoms with Crippen molar-refractivity contribution in [2.24, 2.45) is 5.73 Å². The summed E-state index contributed by atoms with van der Waals surface area (Å²) >= 11 is 3.63. The molecule has 1 unspecified atom stereocenters. The maximum atomic E-state index is 5.98. The van der Waals surface area contributed by atoms with Gasteiger partial charge in [-0.15, -0.1) is 0 Å². The molecular formula is C14H21BrN2O. The number of likely N-dealkylation sites (tertiary alicyclic amines) is 1. The molecule has 2 N–H and O–H groups in total. The molecule has 1 heterocycles. The highest BCUT2D eigenvalue weighted by atomic mass is 79.9. The van der Waals surface area contributed by atoms with Crippen molar-refractivity contribution in [1.29, 1.82) is 0 Å². The molecule has 0 amide bonds. The Labute approximate surface area is 117 Å². The second kappa shape index (κ2) is 6.55. The third-order valence-electron chi connectivity index (χ3n) is 3.62. The van der Waals surface area contributed by atoms with Crippen LogP contribution in [-0.2, 0) is 0 Å². The average molecular weight is 313 g/mol. The third-order valence-corrected chi connectivity index (χ3v) is 4.31. The van der Waals surface area contributed by atoms with E-state index in [9.17, 15) is 0 Å². The highest BCUT2D eigenvalue weighted by Crippen LogP contribution is 2.31. The van der Waals surface area contributed by atoms with E-state index in [0.717, 1.165) is 23.3 Å². The van der Waals surface area contributed by atoms with Crippen LogP contribution in [-0.4, -0.2) is 31.6 Å². The van der Waals surface area contributed by atoms with Crippen molar-refractivity contribution in [3.63, 3.8) is 0 Å². The normalized spacial score (nSPS) is 18.6. The van der Waals surface area contributed by atoms with E-state index in [-0.39, 0.29) is 0 Å². The van der Waals surface area contributed by atoms with E-state index < -0.39 is 0 Å². The zero-order valence-electron chi connectivity index (χ0n) is 10.9. The van der Waals surface area contributed by atoms with Crippen LogP contribution in [0.25, 0.3) is 0 Å². The summed E-state index contributed by atoms with van der Waals surface area (Å²) in [6.07, 6.45) is 3.91. The van der Waals surface area contributed by atoms with E-state index in [1.807, 2.05) is 12.1 Å². The lowest BCUT2D eigenvalue weighted by Crippen LogP contribution is -2.37. The van der Waals surface area contributed by atoms with Crippen molar-refractivity contribution in [1.82, 2.24) is 4.90 Å². The lowest BCUT2D eigenvalue weighted by Gasteiger charge is -2.34.